The highest BCUT2D eigenvalue weighted by Gasteiger charge is 2.27. The van der Waals surface area contributed by atoms with Gasteiger partial charge in [-0.2, -0.15) is 0 Å². The van der Waals surface area contributed by atoms with Crippen molar-refractivity contribution >= 4 is 6.09 Å². The molecule has 1 fully saturated rings. The standard InChI is InChI=1S/C18H29N3O2/c1-14-7-5-9-20-16(14)12-19-11-15-8-6-10-21(13-15)17(22)23-18(2,3)4/h5,7,9,15,19H,6,8,10-13H2,1-4H3. The summed E-state index contributed by atoms with van der Waals surface area (Å²) in [6.45, 7) is 11.0. The molecule has 23 heavy (non-hydrogen) atoms. The normalized spacial score (nSPS) is 18.8. The van der Waals surface area contributed by atoms with Crippen molar-refractivity contribution in [3.8, 4) is 0 Å². The molecule has 0 saturated carbocycles. The summed E-state index contributed by atoms with van der Waals surface area (Å²) in [7, 11) is 0. The van der Waals surface area contributed by atoms with Gasteiger partial charge in [-0.3, -0.25) is 4.98 Å². The lowest BCUT2D eigenvalue weighted by Gasteiger charge is -2.34. The second-order valence-corrected chi connectivity index (χ2v) is 7.33. The number of carbonyl (C=O) groups is 1. The molecule has 1 amide bonds. The second-order valence-electron chi connectivity index (χ2n) is 7.33. The Balaban J connectivity index is 1.78. The van der Waals surface area contributed by atoms with Gasteiger partial charge in [0.2, 0.25) is 0 Å². The lowest BCUT2D eigenvalue weighted by molar-refractivity contribution is 0.0166. The molecule has 5 heteroatoms. The first kappa shape index (κ1) is 17.7. The van der Waals surface area contributed by atoms with Crippen LogP contribution in [0.4, 0.5) is 4.79 Å². The van der Waals surface area contributed by atoms with E-state index in [1.54, 1.807) is 0 Å². The quantitative estimate of drug-likeness (QED) is 0.926. The van der Waals surface area contributed by atoms with Crippen molar-refractivity contribution in [2.75, 3.05) is 19.6 Å². The number of nitrogens with one attached hydrogen (secondary N) is 1. The molecule has 2 heterocycles. The Morgan fingerprint density at radius 1 is 1.48 bits per heavy atom. The molecule has 0 bridgehead atoms. The van der Waals surface area contributed by atoms with Crippen LogP contribution in [0.25, 0.3) is 0 Å². The Morgan fingerprint density at radius 2 is 2.26 bits per heavy atom. The van der Waals surface area contributed by atoms with E-state index in [1.807, 2.05) is 37.9 Å². The van der Waals surface area contributed by atoms with E-state index in [-0.39, 0.29) is 6.09 Å². The van der Waals surface area contributed by atoms with Crippen molar-refractivity contribution < 1.29 is 9.53 Å². The monoisotopic (exact) mass is 319 g/mol. The SMILES string of the molecule is Cc1cccnc1CNCC1CCCN(C(=O)OC(C)(C)C)C1. The lowest BCUT2D eigenvalue weighted by atomic mass is 9.98. The zero-order valence-corrected chi connectivity index (χ0v) is 14.8. The van der Waals surface area contributed by atoms with Crippen LogP contribution >= 0.6 is 0 Å². The Morgan fingerprint density at radius 3 is 2.96 bits per heavy atom. The molecule has 1 N–H and O–H groups in total. The van der Waals surface area contributed by atoms with E-state index >= 15 is 0 Å². The number of hydrogen-bond donors (Lipinski definition) is 1. The molecule has 2 rings (SSSR count). The highest BCUT2D eigenvalue weighted by atomic mass is 16.6. The van der Waals surface area contributed by atoms with Gasteiger partial charge in [-0.1, -0.05) is 6.07 Å². The van der Waals surface area contributed by atoms with E-state index in [9.17, 15) is 4.79 Å². The number of piperidine rings is 1. The summed E-state index contributed by atoms with van der Waals surface area (Å²) in [5, 5.41) is 3.48. The third-order valence-corrected chi connectivity index (χ3v) is 4.01. The Bertz CT molecular complexity index is 525. The van der Waals surface area contributed by atoms with Crippen LogP contribution in [0.3, 0.4) is 0 Å². The summed E-state index contributed by atoms with van der Waals surface area (Å²) in [4.78, 5) is 18.4. The number of aryl methyl sites for hydroxylation is 1. The molecule has 0 radical (unpaired) electrons. The van der Waals surface area contributed by atoms with Gasteiger partial charge in [0, 0.05) is 32.4 Å². The molecule has 0 spiro atoms. The van der Waals surface area contributed by atoms with Crippen molar-refractivity contribution in [2.45, 2.75) is 52.7 Å². The van der Waals surface area contributed by atoms with Crippen LogP contribution in [0.2, 0.25) is 0 Å². The van der Waals surface area contributed by atoms with Crippen molar-refractivity contribution in [1.82, 2.24) is 15.2 Å². The zero-order valence-electron chi connectivity index (χ0n) is 14.8. The van der Waals surface area contributed by atoms with E-state index in [0.29, 0.717) is 5.92 Å². The third-order valence-electron chi connectivity index (χ3n) is 4.01. The highest BCUT2D eigenvalue weighted by molar-refractivity contribution is 5.68. The van der Waals surface area contributed by atoms with Crippen LogP contribution < -0.4 is 5.32 Å². The summed E-state index contributed by atoms with van der Waals surface area (Å²) < 4.78 is 5.47. The number of pyridine rings is 1. The molecule has 1 aromatic rings. The number of nitrogens with zero attached hydrogens (tertiary/aromatic N) is 2. The summed E-state index contributed by atoms with van der Waals surface area (Å²) in [5.41, 5.74) is 1.87. The smallest absolute Gasteiger partial charge is 0.410 e. The average molecular weight is 319 g/mol. The van der Waals surface area contributed by atoms with Crippen LogP contribution in [0, 0.1) is 12.8 Å². The minimum atomic E-state index is -0.432. The predicted octanol–water partition coefficient (Wildman–Crippen LogP) is 3.13. The molecular weight excluding hydrogens is 290 g/mol. The summed E-state index contributed by atoms with van der Waals surface area (Å²) >= 11 is 0. The Hall–Kier alpha value is -1.62. The molecule has 5 nitrogen and oxygen atoms in total. The van der Waals surface area contributed by atoms with E-state index in [2.05, 4.69) is 23.3 Å². The zero-order chi connectivity index (χ0) is 16.9. The van der Waals surface area contributed by atoms with Gasteiger partial charge in [0.05, 0.1) is 5.69 Å². The highest BCUT2D eigenvalue weighted by Crippen LogP contribution is 2.19. The van der Waals surface area contributed by atoms with Crippen LogP contribution in [-0.2, 0) is 11.3 Å². The van der Waals surface area contributed by atoms with Crippen molar-refractivity contribution in [1.29, 1.82) is 0 Å². The molecule has 1 atom stereocenters. The van der Waals surface area contributed by atoms with Crippen molar-refractivity contribution in [3.05, 3.63) is 29.6 Å². The van der Waals surface area contributed by atoms with Gasteiger partial charge in [0.15, 0.2) is 0 Å². The minimum absolute atomic E-state index is 0.192. The number of likely N-dealkylation sites (tertiary alicyclic amines) is 1. The summed E-state index contributed by atoms with van der Waals surface area (Å²) in [6, 6.07) is 4.04. The second kappa shape index (κ2) is 7.77. The molecule has 1 aliphatic rings. The van der Waals surface area contributed by atoms with Crippen LogP contribution in [-0.4, -0.2) is 41.2 Å². The maximum absolute atomic E-state index is 12.2. The van der Waals surface area contributed by atoms with Gasteiger partial charge >= 0.3 is 6.09 Å². The number of rotatable bonds is 4. The summed E-state index contributed by atoms with van der Waals surface area (Å²) in [5.74, 6) is 0.472. The topological polar surface area (TPSA) is 54.5 Å². The molecule has 1 aliphatic heterocycles. The number of hydrogen-bond acceptors (Lipinski definition) is 4. The van der Waals surface area contributed by atoms with Gasteiger partial charge in [0.1, 0.15) is 5.60 Å². The fourth-order valence-electron chi connectivity index (χ4n) is 2.82. The maximum atomic E-state index is 12.2. The summed E-state index contributed by atoms with van der Waals surface area (Å²) in [6.07, 6.45) is 3.82. The van der Waals surface area contributed by atoms with Gasteiger partial charge < -0.3 is 15.0 Å². The first-order chi connectivity index (χ1) is 10.8. The lowest BCUT2D eigenvalue weighted by Crippen LogP contribution is -2.45. The maximum Gasteiger partial charge on any atom is 0.410 e. The molecule has 1 saturated heterocycles. The van der Waals surface area contributed by atoms with E-state index < -0.39 is 5.60 Å². The van der Waals surface area contributed by atoms with Crippen molar-refractivity contribution in [2.24, 2.45) is 5.92 Å². The first-order valence-corrected chi connectivity index (χ1v) is 8.44. The van der Waals surface area contributed by atoms with E-state index in [1.165, 1.54) is 5.56 Å². The molecule has 1 aromatic heterocycles. The fourth-order valence-corrected chi connectivity index (χ4v) is 2.82. The first-order valence-electron chi connectivity index (χ1n) is 8.44. The van der Waals surface area contributed by atoms with Crippen molar-refractivity contribution in [3.63, 3.8) is 0 Å². The number of amides is 1. The van der Waals surface area contributed by atoms with Crippen LogP contribution in [0.15, 0.2) is 18.3 Å². The van der Waals surface area contributed by atoms with Crippen LogP contribution in [0.1, 0.15) is 44.9 Å². The molecule has 128 valence electrons. The van der Waals surface area contributed by atoms with Gasteiger partial charge in [0.25, 0.3) is 0 Å². The predicted molar refractivity (Wildman–Crippen MR) is 91.2 cm³/mol. The fraction of sp³-hybridized carbons (Fsp3) is 0.667. The molecular formula is C18H29N3O2. The van der Waals surface area contributed by atoms with Gasteiger partial charge in [-0.25, -0.2) is 4.79 Å². The minimum Gasteiger partial charge on any atom is -0.444 e. The molecule has 0 aliphatic carbocycles. The molecule has 1 unspecified atom stereocenters. The Kier molecular flexibility index (Phi) is 5.99. The third kappa shape index (κ3) is 5.82. The molecule has 0 aromatic carbocycles. The van der Waals surface area contributed by atoms with E-state index in [4.69, 9.17) is 4.74 Å². The van der Waals surface area contributed by atoms with E-state index in [0.717, 1.165) is 44.7 Å². The van der Waals surface area contributed by atoms with Gasteiger partial charge in [-0.15, -0.1) is 0 Å². The van der Waals surface area contributed by atoms with Crippen LogP contribution in [0.5, 0.6) is 0 Å². The number of carbonyl (C=O) groups excluding carboxylic acids is 1. The number of aromatic nitrogens is 1. The average Bonchev–Trinajstić information content (AvgIpc) is 2.48. The van der Waals surface area contributed by atoms with Gasteiger partial charge in [-0.05, 0) is 58.1 Å². The number of ether oxygens (including phenoxy) is 1. The largest absolute Gasteiger partial charge is 0.444 e. The Labute approximate surface area is 139 Å².